The largest absolute Gasteiger partial charge is 0.389 e. The number of hydrogen-bond acceptors (Lipinski definition) is 6. The van der Waals surface area contributed by atoms with Gasteiger partial charge in [-0.3, -0.25) is 4.90 Å². The highest BCUT2D eigenvalue weighted by Crippen LogP contribution is 2.13. The fraction of sp³-hybridized carbons (Fsp3) is 0.833. The Bertz CT molecular complexity index is 360. The molecule has 18 heavy (non-hydrogen) atoms. The smallest absolute Gasteiger partial charge is 0.240 e. The molecule has 0 aliphatic rings. The van der Waals surface area contributed by atoms with E-state index in [9.17, 15) is 5.11 Å². The summed E-state index contributed by atoms with van der Waals surface area (Å²) in [5.41, 5.74) is -0.737. The molecule has 0 bridgehead atoms. The van der Waals surface area contributed by atoms with Gasteiger partial charge in [-0.1, -0.05) is 12.1 Å². The van der Waals surface area contributed by atoms with Crippen molar-refractivity contribution in [2.45, 2.75) is 45.9 Å². The molecular weight excluding hydrogens is 234 g/mol. The van der Waals surface area contributed by atoms with Crippen molar-refractivity contribution in [1.29, 1.82) is 0 Å². The molecule has 1 N–H and O–H groups in total. The number of methoxy groups -OCH3 is 1. The standard InChI is InChI=1S/C12H23N3O3/c1-6-15(8-12(3,4)16)7-10-13-11(14-18-10)9(2)17-5/h9,16H,6-8H2,1-5H3. The van der Waals surface area contributed by atoms with Crippen LogP contribution in [0.3, 0.4) is 0 Å². The molecule has 1 aromatic heterocycles. The zero-order valence-electron chi connectivity index (χ0n) is 11.8. The summed E-state index contributed by atoms with van der Waals surface area (Å²) in [4.78, 5) is 6.32. The molecule has 104 valence electrons. The van der Waals surface area contributed by atoms with E-state index >= 15 is 0 Å². The van der Waals surface area contributed by atoms with Crippen molar-refractivity contribution >= 4 is 0 Å². The van der Waals surface area contributed by atoms with Crippen molar-refractivity contribution in [3.8, 4) is 0 Å². The van der Waals surface area contributed by atoms with Gasteiger partial charge in [0.25, 0.3) is 0 Å². The molecule has 0 aliphatic carbocycles. The predicted molar refractivity (Wildman–Crippen MR) is 67.0 cm³/mol. The van der Waals surface area contributed by atoms with Gasteiger partial charge in [-0.25, -0.2) is 0 Å². The van der Waals surface area contributed by atoms with E-state index in [0.717, 1.165) is 6.54 Å². The average molecular weight is 257 g/mol. The summed E-state index contributed by atoms with van der Waals surface area (Å²) >= 11 is 0. The fourth-order valence-corrected chi connectivity index (χ4v) is 1.62. The van der Waals surface area contributed by atoms with Crippen molar-refractivity contribution in [2.75, 3.05) is 20.2 Å². The highest BCUT2D eigenvalue weighted by Gasteiger charge is 2.20. The fourth-order valence-electron chi connectivity index (χ4n) is 1.62. The van der Waals surface area contributed by atoms with Crippen LogP contribution < -0.4 is 0 Å². The Hall–Kier alpha value is -0.980. The van der Waals surface area contributed by atoms with E-state index in [4.69, 9.17) is 9.26 Å². The molecule has 0 saturated carbocycles. The van der Waals surface area contributed by atoms with Crippen LogP contribution in [0.15, 0.2) is 4.52 Å². The van der Waals surface area contributed by atoms with Crippen molar-refractivity contribution in [3.05, 3.63) is 11.7 Å². The Balaban J connectivity index is 2.62. The highest BCUT2D eigenvalue weighted by atomic mass is 16.5. The number of likely N-dealkylation sites (N-methyl/N-ethyl adjacent to an activating group) is 1. The van der Waals surface area contributed by atoms with Crippen LogP contribution in [-0.2, 0) is 11.3 Å². The van der Waals surface area contributed by atoms with E-state index < -0.39 is 5.60 Å². The number of aromatic nitrogens is 2. The maximum atomic E-state index is 9.80. The van der Waals surface area contributed by atoms with Crippen LogP contribution >= 0.6 is 0 Å². The van der Waals surface area contributed by atoms with Gasteiger partial charge in [0.05, 0.1) is 12.1 Å². The molecule has 1 unspecified atom stereocenters. The summed E-state index contributed by atoms with van der Waals surface area (Å²) in [6.45, 7) is 9.35. The normalized spacial score (nSPS) is 14.2. The van der Waals surface area contributed by atoms with E-state index in [0.29, 0.717) is 24.8 Å². The van der Waals surface area contributed by atoms with Gasteiger partial charge in [-0.05, 0) is 27.3 Å². The van der Waals surface area contributed by atoms with Gasteiger partial charge in [-0.2, -0.15) is 4.98 Å². The number of ether oxygens (including phenoxy) is 1. The Kier molecular flexibility index (Phi) is 5.25. The second-order valence-electron chi connectivity index (χ2n) is 5.04. The molecule has 1 atom stereocenters. The van der Waals surface area contributed by atoms with Crippen molar-refractivity contribution in [2.24, 2.45) is 0 Å². The topological polar surface area (TPSA) is 71.6 Å². The first-order valence-corrected chi connectivity index (χ1v) is 6.15. The summed E-state index contributed by atoms with van der Waals surface area (Å²) in [6.07, 6.45) is -0.174. The molecule has 0 fully saturated rings. The Labute approximate surface area is 108 Å². The second kappa shape index (κ2) is 6.26. The first-order valence-electron chi connectivity index (χ1n) is 6.15. The van der Waals surface area contributed by atoms with E-state index in [-0.39, 0.29) is 6.10 Å². The molecule has 1 aromatic rings. The van der Waals surface area contributed by atoms with Crippen molar-refractivity contribution < 1.29 is 14.4 Å². The number of nitrogens with zero attached hydrogens (tertiary/aromatic N) is 3. The quantitative estimate of drug-likeness (QED) is 0.795. The lowest BCUT2D eigenvalue weighted by Crippen LogP contribution is -2.38. The van der Waals surface area contributed by atoms with Gasteiger partial charge < -0.3 is 14.4 Å². The summed E-state index contributed by atoms with van der Waals surface area (Å²) in [5, 5.41) is 13.7. The second-order valence-corrected chi connectivity index (χ2v) is 5.04. The van der Waals surface area contributed by atoms with Gasteiger partial charge in [0.15, 0.2) is 5.82 Å². The van der Waals surface area contributed by atoms with E-state index in [1.54, 1.807) is 21.0 Å². The van der Waals surface area contributed by atoms with Gasteiger partial charge >= 0.3 is 0 Å². The summed E-state index contributed by atoms with van der Waals surface area (Å²) < 4.78 is 10.3. The molecule has 0 aliphatic heterocycles. The number of rotatable bonds is 7. The zero-order valence-corrected chi connectivity index (χ0v) is 11.8. The number of hydrogen-bond donors (Lipinski definition) is 1. The molecule has 0 radical (unpaired) electrons. The lowest BCUT2D eigenvalue weighted by Gasteiger charge is -2.26. The SMILES string of the molecule is CCN(Cc1nc(C(C)OC)no1)CC(C)(C)O. The summed E-state index contributed by atoms with van der Waals surface area (Å²) in [6, 6.07) is 0. The lowest BCUT2D eigenvalue weighted by atomic mass is 10.1. The Morgan fingerprint density at radius 2 is 2.17 bits per heavy atom. The first kappa shape index (κ1) is 15.1. The van der Waals surface area contributed by atoms with Gasteiger partial charge in [0.2, 0.25) is 5.89 Å². The summed E-state index contributed by atoms with van der Waals surface area (Å²) in [5.74, 6) is 1.09. The Morgan fingerprint density at radius 1 is 1.50 bits per heavy atom. The maximum Gasteiger partial charge on any atom is 0.240 e. The van der Waals surface area contributed by atoms with E-state index in [1.165, 1.54) is 0 Å². The molecule has 0 spiro atoms. The minimum atomic E-state index is -0.737. The molecule has 6 nitrogen and oxygen atoms in total. The third-order valence-corrected chi connectivity index (χ3v) is 2.62. The average Bonchev–Trinajstić information content (AvgIpc) is 2.73. The third-order valence-electron chi connectivity index (χ3n) is 2.62. The number of aliphatic hydroxyl groups is 1. The molecule has 1 rings (SSSR count). The molecule has 1 heterocycles. The van der Waals surface area contributed by atoms with Crippen molar-refractivity contribution in [3.63, 3.8) is 0 Å². The Morgan fingerprint density at radius 3 is 2.67 bits per heavy atom. The highest BCUT2D eigenvalue weighted by molar-refractivity contribution is 4.90. The van der Waals surface area contributed by atoms with Crippen LogP contribution in [0.5, 0.6) is 0 Å². The summed E-state index contributed by atoms with van der Waals surface area (Å²) in [7, 11) is 1.60. The maximum absolute atomic E-state index is 9.80. The minimum Gasteiger partial charge on any atom is -0.389 e. The zero-order chi connectivity index (χ0) is 13.8. The predicted octanol–water partition coefficient (Wildman–Crippen LogP) is 1.37. The molecule has 6 heteroatoms. The van der Waals surface area contributed by atoms with Crippen LogP contribution in [0, 0.1) is 0 Å². The molecule has 0 amide bonds. The molecule has 0 saturated heterocycles. The van der Waals surface area contributed by atoms with Gasteiger partial charge in [0, 0.05) is 13.7 Å². The van der Waals surface area contributed by atoms with Gasteiger partial charge in [0.1, 0.15) is 6.10 Å². The van der Waals surface area contributed by atoms with Crippen molar-refractivity contribution in [1.82, 2.24) is 15.0 Å². The van der Waals surface area contributed by atoms with E-state index in [2.05, 4.69) is 15.0 Å². The van der Waals surface area contributed by atoms with Crippen LogP contribution in [0.25, 0.3) is 0 Å². The van der Waals surface area contributed by atoms with Crippen LogP contribution in [-0.4, -0.2) is 45.9 Å². The lowest BCUT2D eigenvalue weighted by molar-refractivity contribution is 0.0322. The van der Waals surface area contributed by atoms with Gasteiger partial charge in [-0.15, -0.1) is 0 Å². The third kappa shape index (κ3) is 4.72. The molecule has 0 aromatic carbocycles. The monoisotopic (exact) mass is 257 g/mol. The van der Waals surface area contributed by atoms with E-state index in [1.807, 2.05) is 13.8 Å². The minimum absolute atomic E-state index is 0.174. The van der Waals surface area contributed by atoms with Crippen LogP contribution in [0.4, 0.5) is 0 Å². The van der Waals surface area contributed by atoms with Crippen LogP contribution in [0.1, 0.15) is 45.5 Å². The first-order chi connectivity index (χ1) is 8.35. The van der Waals surface area contributed by atoms with Crippen LogP contribution in [0.2, 0.25) is 0 Å². The molecular formula is C12H23N3O3.